The SMILES string of the molecule is Cc1cncc(NS(=O)(=O)c2cc([N+](=O)[O-])ccc2Cl)c1. The smallest absolute Gasteiger partial charge is 0.270 e. The van der Waals surface area contributed by atoms with Crippen molar-refractivity contribution in [3.63, 3.8) is 0 Å². The van der Waals surface area contributed by atoms with E-state index in [2.05, 4.69) is 9.71 Å². The zero-order valence-corrected chi connectivity index (χ0v) is 12.4. The molecule has 0 saturated heterocycles. The number of sulfonamides is 1. The van der Waals surface area contributed by atoms with Crippen molar-refractivity contribution < 1.29 is 13.3 Å². The van der Waals surface area contributed by atoms with Crippen LogP contribution in [0, 0.1) is 17.0 Å². The Balaban J connectivity index is 2.44. The van der Waals surface area contributed by atoms with Crippen molar-refractivity contribution in [2.24, 2.45) is 0 Å². The fourth-order valence-corrected chi connectivity index (χ4v) is 3.19. The van der Waals surface area contributed by atoms with Crippen molar-refractivity contribution in [1.82, 2.24) is 4.98 Å². The number of benzene rings is 1. The highest BCUT2D eigenvalue weighted by Crippen LogP contribution is 2.27. The minimum Gasteiger partial charge on any atom is -0.278 e. The van der Waals surface area contributed by atoms with Gasteiger partial charge in [0.05, 0.1) is 21.8 Å². The van der Waals surface area contributed by atoms with Crippen LogP contribution in [0.5, 0.6) is 0 Å². The first-order chi connectivity index (χ1) is 9.79. The molecule has 9 heteroatoms. The summed E-state index contributed by atoms with van der Waals surface area (Å²) in [5.41, 5.74) is 0.653. The number of nitrogens with one attached hydrogen (secondary N) is 1. The average Bonchev–Trinajstić information content (AvgIpc) is 2.38. The molecule has 2 aromatic rings. The molecule has 0 spiro atoms. The van der Waals surface area contributed by atoms with Crippen LogP contribution in [-0.4, -0.2) is 18.3 Å². The second kappa shape index (κ2) is 5.66. The number of rotatable bonds is 4. The predicted molar refractivity (Wildman–Crippen MR) is 77.9 cm³/mol. The molecule has 2 rings (SSSR count). The van der Waals surface area contributed by atoms with Crippen LogP contribution in [0.15, 0.2) is 41.6 Å². The van der Waals surface area contributed by atoms with Gasteiger partial charge in [-0.15, -0.1) is 0 Å². The van der Waals surface area contributed by atoms with E-state index in [4.69, 9.17) is 11.6 Å². The molecule has 7 nitrogen and oxygen atoms in total. The van der Waals surface area contributed by atoms with Gasteiger partial charge in [0.25, 0.3) is 15.7 Å². The number of pyridine rings is 1. The molecule has 110 valence electrons. The van der Waals surface area contributed by atoms with Gasteiger partial charge in [-0.25, -0.2) is 8.42 Å². The molecule has 1 N–H and O–H groups in total. The summed E-state index contributed by atoms with van der Waals surface area (Å²) in [6.45, 7) is 1.76. The Morgan fingerprint density at radius 2 is 2.00 bits per heavy atom. The number of nitrogens with zero attached hydrogens (tertiary/aromatic N) is 2. The first-order valence-electron chi connectivity index (χ1n) is 5.68. The quantitative estimate of drug-likeness (QED) is 0.687. The third-order valence-corrected chi connectivity index (χ3v) is 4.41. The van der Waals surface area contributed by atoms with E-state index in [-0.39, 0.29) is 21.3 Å². The van der Waals surface area contributed by atoms with Gasteiger partial charge in [0.15, 0.2) is 0 Å². The average molecular weight is 328 g/mol. The number of aromatic nitrogens is 1. The molecule has 1 aromatic carbocycles. The van der Waals surface area contributed by atoms with Gasteiger partial charge >= 0.3 is 0 Å². The molecule has 0 amide bonds. The van der Waals surface area contributed by atoms with Crippen LogP contribution in [0.1, 0.15) is 5.56 Å². The van der Waals surface area contributed by atoms with Crippen LogP contribution in [0.4, 0.5) is 11.4 Å². The Morgan fingerprint density at radius 3 is 2.62 bits per heavy atom. The van der Waals surface area contributed by atoms with Gasteiger partial charge < -0.3 is 0 Å². The van der Waals surface area contributed by atoms with Gasteiger partial charge in [-0.3, -0.25) is 19.8 Å². The van der Waals surface area contributed by atoms with Gasteiger partial charge in [0.2, 0.25) is 0 Å². The lowest BCUT2D eigenvalue weighted by molar-refractivity contribution is -0.385. The van der Waals surface area contributed by atoms with E-state index in [1.807, 2.05) is 0 Å². The van der Waals surface area contributed by atoms with Crippen molar-refractivity contribution >= 4 is 33.0 Å². The summed E-state index contributed by atoms with van der Waals surface area (Å²) < 4.78 is 26.8. The monoisotopic (exact) mass is 327 g/mol. The third kappa shape index (κ3) is 3.47. The highest BCUT2D eigenvalue weighted by atomic mass is 35.5. The molecule has 1 heterocycles. The van der Waals surface area contributed by atoms with E-state index < -0.39 is 14.9 Å². The van der Waals surface area contributed by atoms with Gasteiger partial charge in [-0.2, -0.15) is 0 Å². The summed E-state index contributed by atoms with van der Waals surface area (Å²) in [5.74, 6) is 0. The summed E-state index contributed by atoms with van der Waals surface area (Å²) in [6.07, 6.45) is 2.90. The Labute approximate surface area is 125 Å². The maximum absolute atomic E-state index is 12.3. The summed E-state index contributed by atoms with van der Waals surface area (Å²) in [6, 6.07) is 4.79. The normalized spacial score (nSPS) is 11.1. The minimum absolute atomic E-state index is 0.103. The summed E-state index contributed by atoms with van der Waals surface area (Å²) in [7, 11) is -4.04. The van der Waals surface area contributed by atoms with Crippen molar-refractivity contribution in [3.8, 4) is 0 Å². The second-order valence-corrected chi connectivity index (χ2v) is 6.29. The summed E-state index contributed by atoms with van der Waals surface area (Å²) in [4.78, 5) is 13.5. The van der Waals surface area contributed by atoms with E-state index in [1.165, 1.54) is 12.3 Å². The number of non-ortho nitro benzene ring substituents is 1. The molecule has 1 aromatic heterocycles. The van der Waals surface area contributed by atoms with E-state index in [1.54, 1.807) is 19.2 Å². The maximum Gasteiger partial charge on any atom is 0.270 e. The Morgan fingerprint density at radius 1 is 1.29 bits per heavy atom. The zero-order chi connectivity index (χ0) is 15.6. The molecule has 21 heavy (non-hydrogen) atoms. The Bertz CT molecular complexity index is 808. The lowest BCUT2D eigenvalue weighted by atomic mass is 10.3. The van der Waals surface area contributed by atoms with Crippen LogP contribution >= 0.6 is 11.6 Å². The van der Waals surface area contributed by atoms with Crippen LogP contribution < -0.4 is 4.72 Å². The fraction of sp³-hybridized carbons (Fsp3) is 0.0833. The van der Waals surface area contributed by atoms with Crippen molar-refractivity contribution in [1.29, 1.82) is 0 Å². The maximum atomic E-state index is 12.3. The number of anilines is 1. The topological polar surface area (TPSA) is 102 Å². The lowest BCUT2D eigenvalue weighted by Crippen LogP contribution is -2.14. The number of hydrogen-bond donors (Lipinski definition) is 1. The molecule has 0 aliphatic carbocycles. The number of aryl methyl sites for hydroxylation is 1. The largest absolute Gasteiger partial charge is 0.278 e. The molecule has 0 fully saturated rings. The Hall–Kier alpha value is -2.19. The molecule has 0 radical (unpaired) electrons. The summed E-state index contributed by atoms with van der Waals surface area (Å²) in [5, 5.41) is 10.6. The highest BCUT2D eigenvalue weighted by molar-refractivity contribution is 7.92. The summed E-state index contributed by atoms with van der Waals surface area (Å²) >= 11 is 5.83. The number of nitro benzene ring substituents is 1. The van der Waals surface area contributed by atoms with E-state index in [0.717, 1.165) is 17.7 Å². The standard InChI is InChI=1S/C12H10ClN3O4S/c1-8-4-9(7-14-6-8)15-21(19,20)12-5-10(16(17)18)2-3-11(12)13/h2-7,15H,1H3. The van der Waals surface area contributed by atoms with Crippen molar-refractivity contribution in [3.05, 3.63) is 57.4 Å². The van der Waals surface area contributed by atoms with Crippen LogP contribution in [-0.2, 0) is 10.0 Å². The molecule has 0 unspecified atom stereocenters. The highest BCUT2D eigenvalue weighted by Gasteiger charge is 2.21. The van der Waals surface area contributed by atoms with Gasteiger partial charge in [-0.1, -0.05) is 11.6 Å². The number of nitro groups is 1. The third-order valence-electron chi connectivity index (χ3n) is 2.54. The molecule has 0 aliphatic heterocycles. The minimum atomic E-state index is -4.04. The van der Waals surface area contributed by atoms with Crippen LogP contribution in [0.3, 0.4) is 0 Å². The number of hydrogen-bond acceptors (Lipinski definition) is 5. The van der Waals surface area contributed by atoms with Crippen molar-refractivity contribution in [2.45, 2.75) is 11.8 Å². The molecule has 0 saturated carbocycles. The second-order valence-electron chi connectivity index (χ2n) is 4.23. The molecule has 0 atom stereocenters. The molecular formula is C12H10ClN3O4S. The van der Waals surface area contributed by atoms with Gasteiger partial charge in [0, 0.05) is 18.3 Å². The molecule has 0 aliphatic rings. The van der Waals surface area contributed by atoms with Gasteiger partial charge in [-0.05, 0) is 24.6 Å². The van der Waals surface area contributed by atoms with Crippen molar-refractivity contribution in [2.75, 3.05) is 4.72 Å². The van der Waals surface area contributed by atoms with E-state index >= 15 is 0 Å². The van der Waals surface area contributed by atoms with Crippen LogP contribution in [0.25, 0.3) is 0 Å². The lowest BCUT2D eigenvalue weighted by Gasteiger charge is -2.09. The number of halogens is 1. The Kier molecular flexibility index (Phi) is 4.10. The zero-order valence-electron chi connectivity index (χ0n) is 10.8. The van der Waals surface area contributed by atoms with Gasteiger partial charge in [0.1, 0.15) is 4.90 Å². The molecular weight excluding hydrogens is 318 g/mol. The first kappa shape index (κ1) is 15.2. The van der Waals surface area contributed by atoms with E-state index in [0.29, 0.717) is 0 Å². The fourth-order valence-electron chi connectivity index (χ4n) is 1.63. The van der Waals surface area contributed by atoms with E-state index in [9.17, 15) is 18.5 Å². The first-order valence-corrected chi connectivity index (χ1v) is 7.54. The van der Waals surface area contributed by atoms with Crippen LogP contribution in [0.2, 0.25) is 5.02 Å². The molecule has 0 bridgehead atoms. The predicted octanol–water partition coefficient (Wildman–Crippen LogP) is 2.75.